The second-order valence-corrected chi connectivity index (χ2v) is 9.03. The van der Waals surface area contributed by atoms with Crippen LogP contribution in [0, 0.1) is 0 Å². The van der Waals surface area contributed by atoms with Gasteiger partial charge in [0.1, 0.15) is 10.6 Å². The Morgan fingerprint density at radius 2 is 1.74 bits per heavy atom. The maximum Gasteiger partial charge on any atom is 0.416 e. The van der Waals surface area contributed by atoms with Gasteiger partial charge in [0.15, 0.2) is 0 Å². The third-order valence-corrected chi connectivity index (χ3v) is 6.67. The van der Waals surface area contributed by atoms with Gasteiger partial charge in [-0.25, -0.2) is 13.1 Å². The molecule has 0 atom stereocenters. The molecule has 168 valence electrons. The fourth-order valence-corrected chi connectivity index (χ4v) is 4.95. The Morgan fingerprint density at radius 3 is 2.32 bits per heavy atom. The number of carbonyl (C=O) groups excluding carboxylic acids is 1. The molecule has 1 amide bonds. The van der Waals surface area contributed by atoms with Crippen molar-refractivity contribution in [2.45, 2.75) is 49.3 Å². The summed E-state index contributed by atoms with van der Waals surface area (Å²) in [5, 5.41) is 2.59. The van der Waals surface area contributed by atoms with Gasteiger partial charge >= 0.3 is 6.18 Å². The van der Waals surface area contributed by atoms with Crippen LogP contribution in [-0.2, 0) is 22.7 Å². The molecule has 1 saturated carbocycles. The lowest BCUT2D eigenvalue weighted by atomic mass is 10.1. The van der Waals surface area contributed by atoms with Crippen LogP contribution < -0.4 is 14.8 Å². The van der Waals surface area contributed by atoms with Gasteiger partial charge in [-0.2, -0.15) is 13.2 Å². The minimum atomic E-state index is -4.43. The number of amides is 1. The van der Waals surface area contributed by atoms with E-state index in [9.17, 15) is 26.4 Å². The highest BCUT2D eigenvalue weighted by Gasteiger charge is 2.30. The van der Waals surface area contributed by atoms with E-state index in [0.717, 1.165) is 37.8 Å². The van der Waals surface area contributed by atoms with Gasteiger partial charge < -0.3 is 10.1 Å². The summed E-state index contributed by atoms with van der Waals surface area (Å²) in [4.78, 5) is 12.4. The molecule has 0 saturated heterocycles. The zero-order valence-electron chi connectivity index (χ0n) is 16.8. The SMILES string of the molecule is COc1ccc(C(=O)NCc2ccc(C(F)(F)F)cc2)cc1S(=O)(=O)NC1CCCC1. The molecule has 0 radical (unpaired) electrons. The summed E-state index contributed by atoms with van der Waals surface area (Å²) in [5.74, 6) is -0.440. The summed E-state index contributed by atoms with van der Waals surface area (Å²) in [6, 6.07) is 8.34. The van der Waals surface area contributed by atoms with E-state index in [1.54, 1.807) is 0 Å². The highest BCUT2D eigenvalue weighted by molar-refractivity contribution is 7.89. The quantitative estimate of drug-likeness (QED) is 0.663. The second kappa shape index (κ2) is 9.27. The van der Waals surface area contributed by atoms with E-state index >= 15 is 0 Å². The molecule has 0 unspecified atom stereocenters. The standard InChI is InChI=1S/C21H23F3N2O4S/c1-30-18-11-8-15(12-19(18)31(28,29)26-17-4-2-3-5-17)20(27)25-13-14-6-9-16(10-7-14)21(22,23)24/h6-12,17,26H,2-5,13H2,1H3,(H,25,27). The smallest absolute Gasteiger partial charge is 0.416 e. The van der Waals surface area contributed by atoms with Gasteiger partial charge in [0, 0.05) is 18.2 Å². The number of rotatable bonds is 7. The average Bonchev–Trinajstić information content (AvgIpc) is 3.23. The molecule has 0 spiro atoms. The maximum absolute atomic E-state index is 12.8. The Hall–Kier alpha value is -2.59. The maximum atomic E-state index is 12.8. The molecule has 1 aliphatic rings. The van der Waals surface area contributed by atoms with E-state index in [4.69, 9.17) is 4.74 Å². The molecular formula is C21H23F3N2O4S. The van der Waals surface area contributed by atoms with Gasteiger partial charge in [0.05, 0.1) is 12.7 Å². The van der Waals surface area contributed by atoms with E-state index in [-0.39, 0.29) is 28.8 Å². The molecule has 0 heterocycles. The van der Waals surface area contributed by atoms with Crippen LogP contribution in [0.25, 0.3) is 0 Å². The van der Waals surface area contributed by atoms with Crippen molar-refractivity contribution in [3.63, 3.8) is 0 Å². The van der Waals surface area contributed by atoms with E-state index < -0.39 is 27.7 Å². The van der Waals surface area contributed by atoms with Crippen LogP contribution >= 0.6 is 0 Å². The fraction of sp³-hybridized carbons (Fsp3) is 0.381. The minimum Gasteiger partial charge on any atom is -0.495 e. The van der Waals surface area contributed by atoms with Crippen LogP contribution in [0.15, 0.2) is 47.4 Å². The fourth-order valence-electron chi connectivity index (χ4n) is 3.45. The Kier molecular flexibility index (Phi) is 6.90. The number of hydrogen-bond donors (Lipinski definition) is 2. The van der Waals surface area contributed by atoms with Gasteiger partial charge in [0.25, 0.3) is 5.91 Å². The third kappa shape index (κ3) is 5.76. The average molecular weight is 456 g/mol. The molecule has 0 bridgehead atoms. The summed E-state index contributed by atoms with van der Waals surface area (Å²) in [7, 11) is -2.55. The topological polar surface area (TPSA) is 84.5 Å². The van der Waals surface area contributed by atoms with Crippen LogP contribution in [0.5, 0.6) is 5.75 Å². The van der Waals surface area contributed by atoms with Crippen molar-refractivity contribution in [3.05, 3.63) is 59.2 Å². The van der Waals surface area contributed by atoms with Crippen molar-refractivity contribution in [3.8, 4) is 5.75 Å². The van der Waals surface area contributed by atoms with E-state index in [0.29, 0.717) is 5.56 Å². The highest BCUT2D eigenvalue weighted by Crippen LogP contribution is 2.29. The number of nitrogens with one attached hydrogen (secondary N) is 2. The van der Waals surface area contributed by atoms with E-state index in [2.05, 4.69) is 10.0 Å². The van der Waals surface area contributed by atoms with Crippen LogP contribution in [-0.4, -0.2) is 27.5 Å². The van der Waals surface area contributed by atoms with Crippen LogP contribution in [0.3, 0.4) is 0 Å². The first kappa shape index (κ1) is 23.1. The summed E-state index contributed by atoms with van der Waals surface area (Å²) in [6.07, 6.45) is -1.00. The first-order chi connectivity index (χ1) is 14.6. The monoisotopic (exact) mass is 456 g/mol. The second-order valence-electron chi connectivity index (χ2n) is 7.35. The van der Waals surface area contributed by atoms with Crippen LogP contribution in [0.2, 0.25) is 0 Å². The zero-order chi connectivity index (χ0) is 22.6. The molecule has 0 aliphatic heterocycles. The molecule has 1 fully saturated rings. The first-order valence-electron chi connectivity index (χ1n) is 9.75. The minimum absolute atomic E-state index is 0.00852. The van der Waals surface area contributed by atoms with Gasteiger partial charge in [0.2, 0.25) is 10.0 Å². The van der Waals surface area contributed by atoms with Gasteiger partial charge in [-0.15, -0.1) is 0 Å². The molecule has 1 aliphatic carbocycles. The zero-order valence-corrected chi connectivity index (χ0v) is 17.6. The number of sulfonamides is 1. The Bertz CT molecular complexity index is 1030. The summed E-state index contributed by atoms with van der Waals surface area (Å²) in [6.45, 7) is -0.00852. The lowest BCUT2D eigenvalue weighted by Gasteiger charge is -2.16. The normalized spacial score (nSPS) is 15.1. The summed E-state index contributed by atoms with van der Waals surface area (Å²) < 4.78 is 71.4. The largest absolute Gasteiger partial charge is 0.495 e. The summed E-state index contributed by atoms with van der Waals surface area (Å²) in [5.41, 5.74) is -0.201. The molecule has 3 rings (SSSR count). The Morgan fingerprint density at radius 1 is 1.10 bits per heavy atom. The van der Waals surface area contributed by atoms with Crippen molar-refractivity contribution in [2.75, 3.05) is 7.11 Å². The van der Waals surface area contributed by atoms with Crippen molar-refractivity contribution < 1.29 is 31.1 Å². The van der Waals surface area contributed by atoms with Crippen molar-refractivity contribution in [1.29, 1.82) is 0 Å². The number of hydrogen-bond acceptors (Lipinski definition) is 4. The molecular weight excluding hydrogens is 433 g/mol. The Labute approximate surface area is 178 Å². The van der Waals surface area contributed by atoms with Gasteiger partial charge in [-0.05, 0) is 48.7 Å². The van der Waals surface area contributed by atoms with E-state index in [1.165, 1.54) is 37.4 Å². The molecule has 2 aromatic rings. The molecule has 6 nitrogen and oxygen atoms in total. The lowest BCUT2D eigenvalue weighted by molar-refractivity contribution is -0.137. The van der Waals surface area contributed by atoms with Crippen LogP contribution in [0.4, 0.5) is 13.2 Å². The van der Waals surface area contributed by atoms with Crippen molar-refractivity contribution >= 4 is 15.9 Å². The molecule has 10 heteroatoms. The lowest BCUT2D eigenvalue weighted by Crippen LogP contribution is -2.33. The van der Waals surface area contributed by atoms with Crippen molar-refractivity contribution in [1.82, 2.24) is 10.0 Å². The molecule has 0 aromatic heterocycles. The molecule has 2 N–H and O–H groups in total. The number of ether oxygens (including phenoxy) is 1. The van der Waals surface area contributed by atoms with Crippen LogP contribution in [0.1, 0.15) is 47.2 Å². The molecule has 31 heavy (non-hydrogen) atoms. The summed E-state index contributed by atoms with van der Waals surface area (Å²) >= 11 is 0. The van der Waals surface area contributed by atoms with Crippen molar-refractivity contribution in [2.24, 2.45) is 0 Å². The number of carbonyl (C=O) groups is 1. The number of halogens is 3. The van der Waals surface area contributed by atoms with E-state index in [1.807, 2.05) is 0 Å². The number of methoxy groups -OCH3 is 1. The highest BCUT2D eigenvalue weighted by atomic mass is 32.2. The third-order valence-electron chi connectivity index (χ3n) is 5.13. The first-order valence-corrected chi connectivity index (χ1v) is 11.2. The van der Waals surface area contributed by atoms with Gasteiger partial charge in [-0.3, -0.25) is 4.79 Å². The van der Waals surface area contributed by atoms with Gasteiger partial charge in [-0.1, -0.05) is 25.0 Å². The molecule has 2 aromatic carbocycles. The predicted molar refractivity (Wildman–Crippen MR) is 108 cm³/mol. The Balaban J connectivity index is 1.73. The number of alkyl halides is 3. The number of benzene rings is 2. The predicted octanol–water partition coefficient (Wildman–Crippen LogP) is 3.86.